The van der Waals surface area contributed by atoms with E-state index in [9.17, 15) is 9.59 Å². The first kappa shape index (κ1) is 19.1. The van der Waals surface area contributed by atoms with Gasteiger partial charge in [-0.25, -0.2) is 0 Å². The highest BCUT2D eigenvalue weighted by atomic mass is 16.5. The third-order valence-corrected chi connectivity index (χ3v) is 4.09. The predicted octanol–water partition coefficient (Wildman–Crippen LogP) is 2.18. The van der Waals surface area contributed by atoms with Crippen molar-refractivity contribution in [3.05, 3.63) is 24.3 Å². The molecule has 6 heteroatoms. The summed E-state index contributed by atoms with van der Waals surface area (Å²) in [5.41, 5.74) is -0.0212. The second kappa shape index (κ2) is 8.23. The van der Waals surface area contributed by atoms with Crippen molar-refractivity contribution in [2.45, 2.75) is 27.2 Å². The molecule has 6 nitrogen and oxygen atoms in total. The van der Waals surface area contributed by atoms with Crippen molar-refractivity contribution in [2.75, 3.05) is 39.9 Å². The van der Waals surface area contributed by atoms with Crippen LogP contribution in [0.15, 0.2) is 24.3 Å². The van der Waals surface area contributed by atoms with E-state index in [-0.39, 0.29) is 23.8 Å². The molecule has 0 atom stereocenters. The third kappa shape index (κ3) is 5.66. The Morgan fingerprint density at radius 1 is 0.960 bits per heavy atom. The van der Waals surface area contributed by atoms with Gasteiger partial charge in [-0.05, 0) is 17.5 Å². The molecule has 1 saturated heterocycles. The van der Waals surface area contributed by atoms with Crippen LogP contribution >= 0.6 is 0 Å². The minimum absolute atomic E-state index is 0.0212. The van der Waals surface area contributed by atoms with E-state index in [1.165, 1.54) is 0 Å². The number of carbonyl (C=O) groups is 2. The molecule has 1 aliphatic rings. The number of hydrogen-bond donors (Lipinski definition) is 0. The van der Waals surface area contributed by atoms with E-state index in [0.717, 1.165) is 0 Å². The van der Waals surface area contributed by atoms with E-state index in [4.69, 9.17) is 9.47 Å². The van der Waals surface area contributed by atoms with Crippen molar-refractivity contribution in [1.82, 2.24) is 9.80 Å². The van der Waals surface area contributed by atoms with Gasteiger partial charge in [0.25, 0.3) is 5.91 Å². The number of benzene rings is 1. The summed E-state index contributed by atoms with van der Waals surface area (Å²) < 4.78 is 10.8. The van der Waals surface area contributed by atoms with E-state index in [2.05, 4.69) is 20.8 Å². The summed E-state index contributed by atoms with van der Waals surface area (Å²) in [4.78, 5) is 28.2. The summed E-state index contributed by atoms with van der Waals surface area (Å²) in [7, 11) is 1.57. The number of hydrogen-bond acceptors (Lipinski definition) is 4. The lowest BCUT2D eigenvalue weighted by molar-refractivity contribution is -0.141. The van der Waals surface area contributed by atoms with Crippen molar-refractivity contribution < 1.29 is 19.1 Å². The van der Waals surface area contributed by atoms with E-state index >= 15 is 0 Å². The molecule has 0 unspecified atom stereocenters. The van der Waals surface area contributed by atoms with Gasteiger partial charge in [0.2, 0.25) is 5.91 Å². The highest BCUT2D eigenvalue weighted by Crippen LogP contribution is 2.25. The summed E-state index contributed by atoms with van der Waals surface area (Å²) in [6, 6.07) is 7.25. The fraction of sp³-hybridized carbons (Fsp3) is 0.579. The number of piperazine rings is 1. The van der Waals surface area contributed by atoms with E-state index in [0.29, 0.717) is 44.1 Å². The highest BCUT2D eigenvalue weighted by molar-refractivity contribution is 5.79. The Hall–Kier alpha value is -2.24. The van der Waals surface area contributed by atoms with Crippen molar-refractivity contribution in [2.24, 2.45) is 5.41 Å². The molecule has 0 N–H and O–H groups in total. The minimum Gasteiger partial charge on any atom is -0.493 e. The lowest BCUT2D eigenvalue weighted by Crippen LogP contribution is -2.52. The van der Waals surface area contributed by atoms with Gasteiger partial charge in [0.05, 0.1) is 7.11 Å². The monoisotopic (exact) mass is 348 g/mol. The summed E-state index contributed by atoms with van der Waals surface area (Å²) in [6.45, 7) is 8.38. The number of ether oxygens (including phenoxy) is 2. The van der Waals surface area contributed by atoms with E-state index in [1.54, 1.807) is 24.1 Å². The molecule has 1 aromatic carbocycles. The van der Waals surface area contributed by atoms with Crippen molar-refractivity contribution >= 4 is 11.8 Å². The van der Waals surface area contributed by atoms with Crippen LogP contribution in [-0.2, 0) is 9.59 Å². The molecule has 1 aliphatic heterocycles. The van der Waals surface area contributed by atoms with Crippen LogP contribution in [0.25, 0.3) is 0 Å². The van der Waals surface area contributed by atoms with Gasteiger partial charge in [-0.3, -0.25) is 9.59 Å². The minimum atomic E-state index is -0.0752. The van der Waals surface area contributed by atoms with Crippen molar-refractivity contribution in [3.63, 3.8) is 0 Å². The van der Waals surface area contributed by atoms with Crippen molar-refractivity contribution in [3.8, 4) is 11.5 Å². The Morgan fingerprint density at radius 3 is 2.00 bits per heavy atom. The van der Waals surface area contributed by atoms with Crippen LogP contribution in [0.5, 0.6) is 11.5 Å². The van der Waals surface area contributed by atoms with E-state index < -0.39 is 0 Å². The molecule has 0 spiro atoms. The maximum Gasteiger partial charge on any atom is 0.260 e. The molecule has 138 valence electrons. The van der Waals surface area contributed by atoms with Crippen LogP contribution in [0.1, 0.15) is 27.2 Å². The third-order valence-electron chi connectivity index (χ3n) is 4.09. The van der Waals surface area contributed by atoms with Crippen LogP contribution in [0.2, 0.25) is 0 Å². The standard InChI is InChI=1S/C19H28N2O4/c1-19(2,3)13-17(22)20-9-11-21(12-10-20)18(23)14-25-16-8-6-5-7-15(16)24-4/h5-8H,9-14H2,1-4H3. The predicted molar refractivity (Wildman–Crippen MR) is 95.7 cm³/mol. The lowest BCUT2D eigenvalue weighted by Gasteiger charge is -2.36. The van der Waals surface area contributed by atoms with Crippen LogP contribution in [0, 0.1) is 5.41 Å². The molecule has 25 heavy (non-hydrogen) atoms. The second-order valence-electron chi connectivity index (χ2n) is 7.44. The Labute approximate surface area is 149 Å². The SMILES string of the molecule is COc1ccccc1OCC(=O)N1CCN(C(=O)CC(C)(C)C)CC1. The molecule has 1 aromatic rings. The van der Waals surface area contributed by atoms with Crippen molar-refractivity contribution in [1.29, 1.82) is 0 Å². The number of rotatable bonds is 5. The lowest BCUT2D eigenvalue weighted by atomic mass is 9.91. The summed E-state index contributed by atoms with van der Waals surface area (Å²) in [6.07, 6.45) is 0.526. The van der Waals surface area contributed by atoms with Crippen LogP contribution in [0.4, 0.5) is 0 Å². The van der Waals surface area contributed by atoms with Crippen LogP contribution in [0.3, 0.4) is 0 Å². The molecule has 0 aromatic heterocycles. The molecule has 1 fully saturated rings. The second-order valence-corrected chi connectivity index (χ2v) is 7.44. The van der Waals surface area contributed by atoms with Crippen LogP contribution < -0.4 is 9.47 Å². The Morgan fingerprint density at radius 2 is 1.48 bits per heavy atom. The fourth-order valence-electron chi connectivity index (χ4n) is 2.74. The number of nitrogens with zero attached hydrogens (tertiary/aromatic N) is 2. The quantitative estimate of drug-likeness (QED) is 0.818. The largest absolute Gasteiger partial charge is 0.493 e. The maximum atomic E-state index is 12.3. The van der Waals surface area contributed by atoms with Gasteiger partial charge >= 0.3 is 0 Å². The summed E-state index contributed by atoms with van der Waals surface area (Å²) in [5, 5.41) is 0. The Bertz CT molecular complexity index is 602. The topological polar surface area (TPSA) is 59.1 Å². The highest BCUT2D eigenvalue weighted by Gasteiger charge is 2.26. The van der Waals surface area contributed by atoms with Gasteiger partial charge in [0.1, 0.15) is 0 Å². The number of amides is 2. The number of carbonyl (C=O) groups excluding carboxylic acids is 2. The number of para-hydroxylation sites is 2. The van der Waals surface area contributed by atoms with Gasteiger partial charge < -0.3 is 19.3 Å². The molecule has 0 saturated carbocycles. The zero-order chi connectivity index (χ0) is 18.4. The average molecular weight is 348 g/mol. The number of methoxy groups -OCH3 is 1. The van der Waals surface area contributed by atoms with Crippen LogP contribution in [-0.4, -0.2) is 61.5 Å². The normalized spacial score (nSPS) is 15.0. The molecule has 0 radical (unpaired) electrons. The first-order valence-electron chi connectivity index (χ1n) is 8.61. The van der Waals surface area contributed by atoms with Gasteiger partial charge in [0.15, 0.2) is 18.1 Å². The molecule has 0 aliphatic carbocycles. The summed E-state index contributed by atoms with van der Waals surface area (Å²) >= 11 is 0. The zero-order valence-electron chi connectivity index (χ0n) is 15.6. The van der Waals surface area contributed by atoms with E-state index in [1.807, 2.05) is 17.0 Å². The Balaban J connectivity index is 1.80. The molecule has 1 heterocycles. The molecule has 0 bridgehead atoms. The molecular formula is C19H28N2O4. The zero-order valence-corrected chi connectivity index (χ0v) is 15.6. The Kier molecular flexibility index (Phi) is 6.28. The average Bonchev–Trinajstić information content (AvgIpc) is 2.58. The summed E-state index contributed by atoms with van der Waals surface area (Å²) in [5.74, 6) is 1.24. The van der Waals surface area contributed by atoms with Gasteiger partial charge in [0, 0.05) is 32.6 Å². The molecule has 2 rings (SSSR count). The smallest absolute Gasteiger partial charge is 0.260 e. The van der Waals surface area contributed by atoms with Gasteiger partial charge in [-0.15, -0.1) is 0 Å². The fourth-order valence-corrected chi connectivity index (χ4v) is 2.74. The first-order chi connectivity index (χ1) is 11.8. The maximum absolute atomic E-state index is 12.3. The van der Waals surface area contributed by atoms with Gasteiger partial charge in [-0.2, -0.15) is 0 Å². The van der Waals surface area contributed by atoms with Gasteiger partial charge in [-0.1, -0.05) is 32.9 Å². The molecular weight excluding hydrogens is 320 g/mol. The molecule has 2 amide bonds. The first-order valence-corrected chi connectivity index (χ1v) is 8.61.